The van der Waals surface area contributed by atoms with E-state index in [1.54, 1.807) is 6.26 Å². The summed E-state index contributed by atoms with van der Waals surface area (Å²) in [5.41, 5.74) is 0.915. The van der Waals surface area contributed by atoms with Crippen molar-refractivity contribution in [2.75, 3.05) is 0 Å². The zero-order valence-corrected chi connectivity index (χ0v) is 9.09. The number of pyridine rings is 1. The van der Waals surface area contributed by atoms with Gasteiger partial charge in [-0.1, -0.05) is 18.2 Å². The molecule has 0 amide bonds. The van der Waals surface area contributed by atoms with Gasteiger partial charge < -0.3 is 9.15 Å². The molecule has 0 aliphatic heterocycles. The Morgan fingerprint density at radius 2 is 2.12 bits per heavy atom. The van der Waals surface area contributed by atoms with E-state index in [-0.39, 0.29) is 0 Å². The topological polar surface area (TPSA) is 35.3 Å². The molecule has 1 aromatic carbocycles. The Kier molecular flexibility index (Phi) is 2.50. The van der Waals surface area contributed by atoms with Gasteiger partial charge in [0.15, 0.2) is 0 Å². The summed E-state index contributed by atoms with van der Waals surface area (Å²) >= 11 is 0. The van der Waals surface area contributed by atoms with Crippen LogP contribution in [0.15, 0.2) is 53.1 Å². The largest absolute Gasteiger partial charge is 0.483 e. The van der Waals surface area contributed by atoms with Crippen LogP contribution in [-0.4, -0.2) is 4.98 Å². The van der Waals surface area contributed by atoms with Gasteiger partial charge in [0.05, 0.1) is 11.8 Å². The first-order chi connectivity index (χ1) is 8.42. The van der Waals surface area contributed by atoms with Gasteiger partial charge in [0.25, 0.3) is 0 Å². The normalized spacial score (nSPS) is 10.6. The van der Waals surface area contributed by atoms with Crippen LogP contribution in [0.25, 0.3) is 10.9 Å². The Bertz CT molecular complexity index is 617. The number of aromatic nitrogens is 1. The van der Waals surface area contributed by atoms with Crippen LogP contribution in [0.3, 0.4) is 0 Å². The smallest absolute Gasteiger partial charge is 0.148 e. The second-order valence-electron chi connectivity index (χ2n) is 3.66. The van der Waals surface area contributed by atoms with E-state index in [9.17, 15) is 0 Å². The average molecular weight is 224 g/mol. The fourth-order valence-corrected chi connectivity index (χ4v) is 1.62. The van der Waals surface area contributed by atoms with Gasteiger partial charge in [-0.25, -0.2) is 4.98 Å². The first-order valence-corrected chi connectivity index (χ1v) is 5.34. The van der Waals surface area contributed by atoms with Crippen molar-refractivity contribution in [3.63, 3.8) is 0 Å². The predicted molar refractivity (Wildman–Crippen MR) is 63.6 cm³/mol. The van der Waals surface area contributed by atoms with Crippen molar-refractivity contribution >= 4 is 10.9 Å². The minimum Gasteiger partial charge on any atom is -0.483 e. The van der Waals surface area contributed by atoms with E-state index in [2.05, 4.69) is 11.2 Å². The summed E-state index contributed by atoms with van der Waals surface area (Å²) in [6.07, 6.45) is 4.49. The second kappa shape index (κ2) is 4.29. The third kappa shape index (κ3) is 2.13. The van der Waals surface area contributed by atoms with Crippen LogP contribution >= 0.6 is 0 Å². The van der Waals surface area contributed by atoms with Crippen LogP contribution in [0.5, 0.6) is 5.75 Å². The highest BCUT2D eigenvalue weighted by atomic mass is 16.5. The lowest BCUT2D eigenvalue weighted by Gasteiger charge is -2.04. The van der Waals surface area contributed by atoms with E-state index in [4.69, 9.17) is 9.15 Å². The molecule has 0 saturated heterocycles. The van der Waals surface area contributed by atoms with Crippen molar-refractivity contribution in [2.24, 2.45) is 0 Å². The van der Waals surface area contributed by atoms with Gasteiger partial charge in [-0.2, -0.15) is 0 Å². The van der Waals surface area contributed by atoms with Gasteiger partial charge in [-0.05, 0) is 24.3 Å². The minimum absolute atomic E-state index is 0.392. The van der Waals surface area contributed by atoms with E-state index in [0.717, 1.165) is 16.7 Å². The number of benzene rings is 1. The molecule has 2 aromatic heterocycles. The Hall–Kier alpha value is -2.29. The Labute approximate surface area is 98.7 Å². The Morgan fingerprint density at radius 1 is 1.18 bits per heavy atom. The van der Waals surface area contributed by atoms with Crippen molar-refractivity contribution in [2.45, 2.75) is 6.61 Å². The number of hydrogen-bond donors (Lipinski definition) is 0. The Morgan fingerprint density at radius 3 is 3.00 bits per heavy atom. The van der Waals surface area contributed by atoms with E-state index in [1.165, 1.54) is 0 Å². The number of para-hydroxylation sites is 1. The van der Waals surface area contributed by atoms with E-state index < -0.39 is 0 Å². The molecule has 0 spiro atoms. The SMILES string of the molecule is [c]1nc2ccccc2cc1OCc1ccco1. The number of furan rings is 1. The molecule has 83 valence electrons. The van der Waals surface area contributed by atoms with Crippen LogP contribution in [-0.2, 0) is 6.61 Å². The molecule has 0 N–H and O–H groups in total. The molecule has 0 atom stereocenters. The number of fused-ring (bicyclic) bond motifs is 1. The molecule has 3 heteroatoms. The fourth-order valence-electron chi connectivity index (χ4n) is 1.62. The third-order valence-electron chi connectivity index (χ3n) is 2.46. The summed E-state index contributed by atoms with van der Waals surface area (Å²) in [5, 5.41) is 1.04. The number of ether oxygens (including phenoxy) is 1. The lowest BCUT2D eigenvalue weighted by atomic mass is 10.2. The van der Waals surface area contributed by atoms with Crippen LogP contribution in [0.2, 0.25) is 0 Å². The maximum Gasteiger partial charge on any atom is 0.148 e. The molecular weight excluding hydrogens is 214 g/mol. The van der Waals surface area contributed by atoms with Crippen molar-refractivity contribution < 1.29 is 9.15 Å². The fraction of sp³-hybridized carbons (Fsp3) is 0.0714. The van der Waals surface area contributed by atoms with Crippen molar-refractivity contribution in [3.05, 3.63) is 60.7 Å². The summed E-state index contributed by atoms with van der Waals surface area (Å²) in [6, 6.07) is 13.5. The zero-order chi connectivity index (χ0) is 11.5. The maximum absolute atomic E-state index is 5.55. The first kappa shape index (κ1) is 9.90. The molecule has 0 bridgehead atoms. The molecule has 2 heterocycles. The van der Waals surface area contributed by atoms with Crippen molar-refractivity contribution in [1.29, 1.82) is 0 Å². The molecule has 0 unspecified atom stereocenters. The summed E-state index contributed by atoms with van der Waals surface area (Å²) in [5.74, 6) is 1.41. The number of rotatable bonds is 3. The monoisotopic (exact) mass is 224 g/mol. The molecule has 0 aliphatic rings. The summed E-state index contributed by atoms with van der Waals surface area (Å²) in [7, 11) is 0. The van der Waals surface area contributed by atoms with Crippen molar-refractivity contribution in [1.82, 2.24) is 4.98 Å². The standard InChI is InChI=1S/C14H10NO2/c1-2-6-14-11(4-1)8-13(9-15-14)17-10-12-5-3-7-16-12/h1-8H,10H2. The highest BCUT2D eigenvalue weighted by molar-refractivity contribution is 5.79. The molecule has 0 saturated carbocycles. The van der Waals surface area contributed by atoms with Gasteiger partial charge in [-0.3, -0.25) is 0 Å². The average Bonchev–Trinajstić information content (AvgIpc) is 2.89. The van der Waals surface area contributed by atoms with Crippen molar-refractivity contribution in [3.8, 4) is 5.75 Å². The Balaban J connectivity index is 1.81. The summed E-state index contributed by atoms with van der Waals surface area (Å²) in [6.45, 7) is 0.392. The first-order valence-electron chi connectivity index (χ1n) is 5.34. The molecule has 3 aromatic rings. The van der Waals surface area contributed by atoms with Crippen LogP contribution < -0.4 is 4.74 Å². The molecular formula is C14H10NO2. The quantitative estimate of drug-likeness (QED) is 0.685. The third-order valence-corrected chi connectivity index (χ3v) is 2.46. The van der Waals surface area contributed by atoms with Crippen LogP contribution in [0, 0.1) is 6.20 Å². The number of hydrogen-bond acceptors (Lipinski definition) is 3. The molecule has 3 rings (SSSR count). The molecule has 3 nitrogen and oxygen atoms in total. The van der Waals surface area contributed by atoms with Gasteiger partial charge in [-0.15, -0.1) is 0 Å². The molecule has 0 fully saturated rings. The lowest BCUT2D eigenvalue weighted by Crippen LogP contribution is -1.94. The van der Waals surface area contributed by atoms with Gasteiger partial charge in [0.2, 0.25) is 0 Å². The lowest BCUT2D eigenvalue weighted by molar-refractivity contribution is 0.269. The second-order valence-corrected chi connectivity index (χ2v) is 3.66. The van der Waals surface area contributed by atoms with E-state index >= 15 is 0 Å². The highest BCUT2D eigenvalue weighted by Crippen LogP contribution is 2.18. The zero-order valence-electron chi connectivity index (χ0n) is 9.09. The maximum atomic E-state index is 5.55. The van der Waals surface area contributed by atoms with E-state index in [1.807, 2.05) is 42.5 Å². The predicted octanol–water partition coefficient (Wildman–Crippen LogP) is 3.21. The summed E-state index contributed by atoms with van der Waals surface area (Å²) in [4.78, 5) is 4.20. The summed E-state index contributed by atoms with van der Waals surface area (Å²) < 4.78 is 10.7. The van der Waals surface area contributed by atoms with E-state index in [0.29, 0.717) is 12.4 Å². The molecule has 0 aliphatic carbocycles. The minimum atomic E-state index is 0.392. The number of nitrogens with zero attached hydrogens (tertiary/aromatic N) is 1. The van der Waals surface area contributed by atoms with Crippen LogP contribution in [0.4, 0.5) is 0 Å². The molecule has 1 radical (unpaired) electrons. The van der Waals surface area contributed by atoms with Gasteiger partial charge >= 0.3 is 0 Å². The van der Waals surface area contributed by atoms with Crippen LogP contribution in [0.1, 0.15) is 5.76 Å². The highest BCUT2D eigenvalue weighted by Gasteiger charge is 2.01. The van der Waals surface area contributed by atoms with Gasteiger partial charge in [0.1, 0.15) is 24.3 Å². The molecule has 17 heavy (non-hydrogen) atoms. The van der Waals surface area contributed by atoms with Gasteiger partial charge in [0, 0.05) is 5.39 Å².